The molecule has 6 nitrogen and oxygen atoms in total. The van der Waals surface area contributed by atoms with E-state index in [-0.39, 0.29) is 12.5 Å². The Balaban J connectivity index is 1.91. The minimum absolute atomic E-state index is 0.0629. The van der Waals surface area contributed by atoms with Crippen LogP contribution >= 0.6 is 0 Å². The fourth-order valence-electron chi connectivity index (χ4n) is 1.64. The van der Waals surface area contributed by atoms with Gasteiger partial charge >= 0.3 is 0 Å². The molecule has 0 saturated heterocycles. The average molecular weight is 247 g/mol. The van der Waals surface area contributed by atoms with Crippen LogP contribution in [0.5, 0.6) is 0 Å². The topological polar surface area (TPSA) is 63.9 Å². The summed E-state index contributed by atoms with van der Waals surface area (Å²) in [6, 6.07) is 4.06. The molecule has 2 rings (SSSR count). The highest BCUT2D eigenvalue weighted by atomic mass is 16.1. The van der Waals surface area contributed by atoms with Crippen LogP contribution in [0.2, 0.25) is 0 Å². The van der Waals surface area contributed by atoms with E-state index in [0.717, 1.165) is 12.2 Å². The van der Waals surface area contributed by atoms with Crippen molar-refractivity contribution in [2.45, 2.75) is 13.1 Å². The van der Waals surface area contributed by atoms with Crippen LogP contribution in [0.3, 0.4) is 0 Å². The third-order valence-electron chi connectivity index (χ3n) is 2.74. The Morgan fingerprint density at radius 1 is 1.50 bits per heavy atom. The monoisotopic (exact) mass is 247 g/mol. The van der Waals surface area contributed by atoms with Crippen molar-refractivity contribution in [1.82, 2.24) is 19.7 Å². The van der Waals surface area contributed by atoms with Gasteiger partial charge in [0, 0.05) is 32.2 Å². The Hall–Kier alpha value is -2.24. The fraction of sp³-hybridized carbons (Fsp3) is 0.333. The van der Waals surface area contributed by atoms with E-state index in [0.29, 0.717) is 0 Å². The molecule has 0 saturated carbocycles. The van der Waals surface area contributed by atoms with Crippen LogP contribution in [-0.2, 0) is 24.9 Å². The number of nitrogens with one attached hydrogen (secondary N) is 2. The lowest BCUT2D eigenvalue weighted by Crippen LogP contribution is -2.23. The van der Waals surface area contributed by atoms with Crippen molar-refractivity contribution in [3.63, 3.8) is 0 Å². The van der Waals surface area contributed by atoms with E-state index in [1.807, 2.05) is 25.5 Å². The van der Waals surface area contributed by atoms with Gasteiger partial charge in [0.25, 0.3) is 0 Å². The molecule has 0 aromatic carbocycles. The maximum atomic E-state index is 11.2. The van der Waals surface area contributed by atoms with Crippen LogP contribution in [0.4, 0.5) is 5.69 Å². The summed E-state index contributed by atoms with van der Waals surface area (Å²) < 4.78 is 3.66. The number of carbonyl (C=O) groups excluding carboxylic acids is 1. The molecule has 0 aliphatic carbocycles. The smallest absolute Gasteiger partial charge is 0.241 e. The van der Waals surface area contributed by atoms with Gasteiger partial charge in [-0.05, 0) is 12.1 Å². The molecule has 1 amide bonds. The predicted molar refractivity (Wildman–Crippen MR) is 69.0 cm³/mol. The Morgan fingerprint density at radius 3 is 3.00 bits per heavy atom. The van der Waals surface area contributed by atoms with Crippen molar-refractivity contribution in [2.75, 3.05) is 12.4 Å². The lowest BCUT2D eigenvalue weighted by Gasteiger charge is -2.04. The largest absolute Gasteiger partial charge is 0.377 e. The normalized spacial score (nSPS) is 10.3. The fourth-order valence-corrected chi connectivity index (χ4v) is 1.64. The number of hydrogen-bond acceptors (Lipinski definition) is 3. The van der Waals surface area contributed by atoms with Gasteiger partial charge in [0.2, 0.25) is 5.91 Å². The SMILES string of the molecule is CNC(=O)Cn1cc(NCc2cccn2C)cn1. The Kier molecular flexibility index (Phi) is 3.66. The second-order valence-electron chi connectivity index (χ2n) is 4.06. The minimum Gasteiger partial charge on any atom is -0.377 e. The molecular weight excluding hydrogens is 230 g/mol. The molecule has 2 N–H and O–H groups in total. The molecule has 0 radical (unpaired) electrons. The number of likely N-dealkylation sites (N-methyl/N-ethyl adjacent to an activating group) is 1. The van der Waals surface area contributed by atoms with Crippen molar-refractivity contribution >= 4 is 11.6 Å². The van der Waals surface area contributed by atoms with E-state index in [4.69, 9.17) is 0 Å². The van der Waals surface area contributed by atoms with Crippen LogP contribution < -0.4 is 10.6 Å². The van der Waals surface area contributed by atoms with Gasteiger partial charge in [-0.15, -0.1) is 0 Å². The molecule has 0 atom stereocenters. The Bertz CT molecular complexity index is 528. The first-order chi connectivity index (χ1) is 8.69. The number of anilines is 1. The highest BCUT2D eigenvalue weighted by Gasteiger charge is 2.03. The maximum absolute atomic E-state index is 11.2. The van der Waals surface area contributed by atoms with Crippen LogP contribution in [-0.4, -0.2) is 27.3 Å². The van der Waals surface area contributed by atoms with Gasteiger partial charge in [0.05, 0.1) is 18.4 Å². The molecule has 0 aliphatic rings. The lowest BCUT2D eigenvalue weighted by molar-refractivity contribution is -0.121. The number of rotatable bonds is 5. The molecule has 6 heteroatoms. The van der Waals surface area contributed by atoms with E-state index < -0.39 is 0 Å². The van der Waals surface area contributed by atoms with Gasteiger partial charge < -0.3 is 15.2 Å². The minimum atomic E-state index is -0.0629. The molecular formula is C12H17N5O. The van der Waals surface area contributed by atoms with Gasteiger partial charge in [0.15, 0.2) is 0 Å². The Labute approximate surface area is 106 Å². The summed E-state index contributed by atoms with van der Waals surface area (Å²) in [5, 5.41) is 9.94. The summed E-state index contributed by atoms with van der Waals surface area (Å²) >= 11 is 0. The van der Waals surface area contributed by atoms with Crippen LogP contribution in [0.25, 0.3) is 0 Å². The zero-order valence-corrected chi connectivity index (χ0v) is 10.6. The lowest BCUT2D eigenvalue weighted by atomic mass is 10.4. The standard InChI is InChI=1S/C12H17N5O/c1-13-12(18)9-17-8-10(6-15-17)14-7-11-4-3-5-16(11)2/h3-6,8,14H,7,9H2,1-2H3,(H,13,18). The number of amides is 1. The number of hydrogen-bond donors (Lipinski definition) is 2. The molecule has 96 valence electrons. The molecule has 0 bridgehead atoms. The van der Waals surface area contributed by atoms with Gasteiger partial charge in [-0.3, -0.25) is 9.48 Å². The maximum Gasteiger partial charge on any atom is 0.241 e. The summed E-state index contributed by atoms with van der Waals surface area (Å²) in [7, 11) is 3.62. The molecule has 2 aromatic rings. The number of aryl methyl sites for hydroxylation is 1. The van der Waals surface area contributed by atoms with E-state index in [1.165, 1.54) is 5.69 Å². The predicted octanol–water partition coefficient (Wildman–Crippen LogP) is 0.580. The van der Waals surface area contributed by atoms with Crippen LogP contribution in [0.1, 0.15) is 5.69 Å². The van der Waals surface area contributed by atoms with Crippen molar-refractivity contribution in [1.29, 1.82) is 0 Å². The van der Waals surface area contributed by atoms with Gasteiger partial charge in [0.1, 0.15) is 6.54 Å². The van der Waals surface area contributed by atoms with Gasteiger partial charge in [-0.2, -0.15) is 5.10 Å². The third kappa shape index (κ3) is 2.91. The van der Waals surface area contributed by atoms with Crippen molar-refractivity contribution in [3.05, 3.63) is 36.4 Å². The molecule has 0 unspecified atom stereocenters. The summed E-state index contributed by atoms with van der Waals surface area (Å²) in [5.74, 6) is -0.0629. The van der Waals surface area contributed by atoms with E-state index in [1.54, 1.807) is 17.9 Å². The zero-order chi connectivity index (χ0) is 13.0. The first kappa shape index (κ1) is 12.2. The zero-order valence-electron chi connectivity index (χ0n) is 10.6. The summed E-state index contributed by atoms with van der Waals surface area (Å²) in [6.07, 6.45) is 5.54. The van der Waals surface area contributed by atoms with Crippen molar-refractivity contribution < 1.29 is 4.79 Å². The molecule has 0 fully saturated rings. The van der Waals surface area contributed by atoms with E-state index >= 15 is 0 Å². The Morgan fingerprint density at radius 2 is 2.33 bits per heavy atom. The molecule has 0 aliphatic heterocycles. The number of carbonyl (C=O) groups is 1. The summed E-state index contributed by atoms with van der Waals surface area (Å²) in [6.45, 7) is 0.970. The van der Waals surface area contributed by atoms with Crippen LogP contribution in [0.15, 0.2) is 30.7 Å². The molecule has 2 aromatic heterocycles. The first-order valence-electron chi connectivity index (χ1n) is 5.76. The highest BCUT2D eigenvalue weighted by Crippen LogP contribution is 2.08. The van der Waals surface area contributed by atoms with Crippen molar-refractivity contribution in [3.8, 4) is 0 Å². The second-order valence-corrected chi connectivity index (χ2v) is 4.06. The van der Waals surface area contributed by atoms with Gasteiger partial charge in [-0.25, -0.2) is 0 Å². The molecule has 2 heterocycles. The van der Waals surface area contributed by atoms with E-state index in [2.05, 4.69) is 26.4 Å². The number of aromatic nitrogens is 3. The van der Waals surface area contributed by atoms with Gasteiger partial charge in [-0.1, -0.05) is 0 Å². The second kappa shape index (κ2) is 5.39. The molecule has 18 heavy (non-hydrogen) atoms. The summed E-state index contributed by atoms with van der Waals surface area (Å²) in [4.78, 5) is 11.2. The third-order valence-corrected chi connectivity index (χ3v) is 2.74. The summed E-state index contributed by atoms with van der Waals surface area (Å²) in [5.41, 5.74) is 2.09. The number of nitrogens with zero attached hydrogens (tertiary/aromatic N) is 3. The highest BCUT2D eigenvalue weighted by molar-refractivity contribution is 5.75. The quantitative estimate of drug-likeness (QED) is 0.812. The molecule has 0 spiro atoms. The van der Waals surface area contributed by atoms with E-state index in [9.17, 15) is 4.79 Å². The average Bonchev–Trinajstić information content (AvgIpc) is 2.96. The van der Waals surface area contributed by atoms with Crippen LogP contribution in [0, 0.1) is 0 Å². The first-order valence-corrected chi connectivity index (χ1v) is 5.76. The van der Waals surface area contributed by atoms with Crippen molar-refractivity contribution in [2.24, 2.45) is 7.05 Å².